The largest absolute Gasteiger partial charge is 0.465 e. The molecule has 0 unspecified atom stereocenters. The number of ether oxygens (including phenoxy) is 3. The Kier molecular flexibility index (Phi) is 11.2. The molecule has 2 N–H and O–H groups in total. The zero-order valence-corrected chi connectivity index (χ0v) is 22.6. The topological polar surface area (TPSA) is 103 Å². The molecule has 3 rings (SSSR count). The quantitative estimate of drug-likeness (QED) is 0.258. The Morgan fingerprint density at radius 2 is 1.18 bits per heavy atom. The average molecular weight is 539 g/mol. The second-order valence-corrected chi connectivity index (χ2v) is 8.73. The molecule has 0 saturated carbocycles. The van der Waals surface area contributed by atoms with Crippen molar-refractivity contribution in [2.45, 2.75) is 26.9 Å². The molecule has 2 amide bonds. The number of amides is 2. The zero-order valence-electron chi connectivity index (χ0n) is 22.6. The maximum Gasteiger partial charge on any atom is 0.408 e. The lowest BCUT2D eigenvalue weighted by molar-refractivity contribution is 0.0600. The third kappa shape index (κ3) is 10.3. The van der Waals surface area contributed by atoms with Gasteiger partial charge in [-0.15, -0.1) is 0 Å². The minimum Gasteiger partial charge on any atom is -0.465 e. The van der Waals surface area contributed by atoms with Crippen molar-refractivity contribution < 1.29 is 28.6 Å². The summed E-state index contributed by atoms with van der Waals surface area (Å²) < 4.78 is 15.0. The highest BCUT2D eigenvalue weighted by atomic mass is 16.6. The third-order valence-electron chi connectivity index (χ3n) is 5.41. The first-order valence-electron chi connectivity index (χ1n) is 12.5. The summed E-state index contributed by atoms with van der Waals surface area (Å²) in [6.45, 7) is 4.35. The van der Waals surface area contributed by atoms with Gasteiger partial charge in [-0.25, -0.2) is 14.4 Å². The highest BCUT2D eigenvalue weighted by Crippen LogP contribution is 2.11. The van der Waals surface area contributed by atoms with Gasteiger partial charge in [0.25, 0.3) is 0 Å². The molecule has 204 valence electrons. The lowest BCUT2D eigenvalue weighted by Gasteiger charge is -2.05. The van der Waals surface area contributed by atoms with E-state index in [0.717, 1.165) is 22.3 Å². The van der Waals surface area contributed by atoms with Crippen molar-refractivity contribution in [1.82, 2.24) is 10.6 Å². The summed E-state index contributed by atoms with van der Waals surface area (Å²) in [4.78, 5) is 36.0. The van der Waals surface area contributed by atoms with Crippen LogP contribution in [0, 0.1) is 37.5 Å². The van der Waals surface area contributed by atoms with E-state index < -0.39 is 18.2 Å². The second kappa shape index (κ2) is 15.3. The molecule has 40 heavy (non-hydrogen) atoms. The lowest BCUT2D eigenvalue weighted by atomic mass is 10.1. The number of methoxy groups -OCH3 is 1. The molecular formula is C32H30N2O6. The Labute approximate surface area is 234 Å². The smallest absolute Gasteiger partial charge is 0.408 e. The lowest BCUT2D eigenvalue weighted by Crippen LogP contribution is -2.23. The first-order chi connectivity index (χ1) is 19.3. The van der Waals surface area contributed by atoms with Gasteiger partial charge in [0.2, 0.25) is 0 Å². The summed E-state index contributed by atoms with van der Waals surface area (Å²) in [7, 11) is 1.28. The predicted molar refractivity (Wildman–Crippen MR) is 150 cm³/mol. The number of nitrogens with one attached hydrogen (secondary N) is 2. The first-order valence-corrected chi connectivity index (χ1v) is 12.5. The molecule has 0 aliphatic carbocycles. The van der Waals surface area contributed by atoms with Gasteiger partial charge in [0.05, 0.1) is 12.7 Å². The molecule has 0 fully saturated rings. The number of alkyl carbamates (subject to hydrolysis) is 2. The summed E-state index contributed by atoms with van der Waals surface area (Å²) in [6, 6.07) is 20.3. The Bertz CT molecular complexity index is 1390. The van der Waals surface area contributed by atoms with Gasteiger partial charge >= 0.3 is 18.2 Å². The molecule has 0 aliphatic rings. The molecule has 0 radical (unpaired) electrons. The molecule has 0 bridgehead atoms. The maximum atomic E-state index is 12.1. The van der Waals surface area contributed by atoms with Crippen molar-refractivity contribution >= 4 is 18.2 Å². The molecule has 0 aromatic heterocycles. The number of benzene rings is 3. The number of esters is 1. The van der Waals surface area contributed by atoms with E-state index in [1.54, 1.807) is 18.2 Å². The SMILES string of the molecule is COC(=O)c1cc(C#CCOC(=O)NCc2cccc(C)c2)cc(C#CCOC(=O)NCc2cccc(C)c2)c1. The van der Waals surface area contributed by atoms with Crippen LogP contribution in [0.4, 0.5) is 9.59 Å². The van der Waals surface area contributed by atoms with Gasteiger partial charge in [-0.05, 0) is 43.2 Å². The Morgan fingerprint density at radius 1 is 0.700 bits per heavy atom. The summed E-state index contributed by atoms with van der Waals surface area (Å²) in [5.74, 6) is 10.7. The van der Waals surface area contributed by atoms with Crippen LogP contribution >= 0.6 is 0 Å². The van der Waals surface area contributed by atoms with E-state index in [-0.39, 0.29) is 18.8 Å². The van der Waals surface area contributed by atoms with Gasteiger partial charge < -0.3 is 24.8 Å². The fraction of sp³-hybridized carbons (Fsp3) is 0.219. The van der Waals surface area contributed by atoms with Crippen molar-refractivity contribution in [2.75, 3.05) is 20.3 Å². The molecular weight excluding hydrogens is 508 g/mol. The normalized spacial score (nSPS) is 9.68. The summed E-state index contributed by atoms with van der Waals surface area (Å²) in [5.41, 5.74) is 5.34. The first kappa shape index (κ1) is 29.3. The van der Waals surface area contributed by atoms with Crippen LogP contribution in [-0.4, -0.2) is 38.5 Å². The van der Waals surface area contributed by atoms with Crippen LogP contribution in [0.15, 0.2) is 66.7 Å². The Morgan fingerprint density at radius 3 is 1.60 bits per heavy atom. The third-order valence-corrected chi connectivity index (χ3v) is 5.41. The number of carbonyl (C=O) groups excluding carboxylic acids is 3. The van der Waals surface area contributed by atoms with Crippen LogP contribution in [0.1, 0.15) is 43.7 Å². The standard InChI is InChI=1S/C32H30N2O6/c1-23-8-4-10-27(16-23)21-33-31(36)39-14-6-12-25-18-26(20-29(19-25)30(35)38-3)13-7-15-40-32(37)34-22-28-11-5-9-24(2)17-28/h4-5,8-11,16-20H,14-15,21-22H2,1-3H3,(H,33,36)(H,34,37). The van der Waals surface area contributed by atoms with E-state index in [1.807, 2.05) is 62.4 Å². The van der Waals surface area contributed by atoms with Gasteiger partial charge in [-0.1, -0.05) is 83.3 Å². The van der Waals surface area contributed by atoms with E-state index in [0.29, 0.717) is 24.2 Å². The van der Waals surface area contributed by atoms with Gasteiger partial charge in [-0.2, -0.15) is 0 Å². The van der Waals surface area contributed by atoms with Gasteiger partial charge in [0, 0.05) is 24.2 Å². The van der Waals surface area contributed by atoms with Crippen molar-refractivity contribution in [3.05, 3.63) is 106 Å². The summed E-state index contributed by atoms with van der Waals surface area (Å²) in [6.07, 6.45) is -1.18. The molecule has 3 aromatic carbocycles. The van der Waals surface area contributed by atoms with E-state index in [1.165, 1.54) is 7.11 Å². The Hall–Kier alpha value is -5.21. The molecule has 0 saturated heterocycles. The van der Waals surface area contributed by atoms with Crippen LogP contribution in [0.3, 0.4) is 0 Å². The van der Waals surface area contributed by atoms with E-state index in [2.05, 4.69) is 34.3 Å². The van der Waals surface area contributed by atoms with Crippen molar-refractivity contribution in [3.63, 3.8) is 0 Å². The predicted octanol–water partition coefficient (Wildman–Crippen LogP) is 4.65. The number of carbonyl (C=O) groups is 3. The van der Waals surface area contributed by atoms with E-state index >= 15 is 0 Å². The highest BCUT2D eigenvalue weighted by molar-refractivity contribution is 5.90. The second-order valence-electron chi connectivity index (χ2n) is 8.73. The highest BCUT2D eigenvalue weighted by Gasteiger charge is 2.08. The Balaban J connectivity index is 1.53. The summed E-state index contributed by atoms with van der Waals surface area (Å²) >= 11 is 0. The van der Waals surface area contributed by atoms with Crippen molar-refractivity contribution in [1.29, 1.82) is 0 Å². The number of rotatable bonds is 7. The molecule has 8 heteroatoms. The summed E-state index contributed by atoms with van der Waals surface area (Å²) in [5, 5.41) is 5.34. The monoisotopic (exact) mass is 538 g/mol. The van der Waals surface area contributed by atoms with Crippen molar-refractivity contribution in [3.8, 4) is 23.7 Å². The van der Waals surface area contributed by atoms with Gasteiger partial charge in [-0.3, -0.25) is 0 Å². The number of hydrogen-bond donors (Lipinski definition) is 2. The minimum atomic E-state index is -0.589. The maximum absolute atomic E-state index is 12.1. The van der Waals surface area contributed by atoms with Crippen molar-refractivity contribution in [2.24, 2.45) is 0 Å². The van der Waals surface area contributed by atoms with E-state index in [9.17, 15) is 14.4 Å². The van der Waals surface area contributed by atoms with Crippen LogP contribution < -0.4 is 10.6 Å². The number of aryl methyl sites for hydroxylation is 2. The van der Waals surface area contributed by atoms with Crippen LogP contribution in [0.2, 0.25) is 0 Å². The van der Waals surface area contributed by atoms with Crippen LogP contribution in [-0.2, 0) is 27.3 Å². The van der Waals surface area contributed by atoms with Crippen LogP contribution in [0.25, 0.3) is 0 Å². The molecule has 0 aliphatic heterocycles. The zero-order chi connectivity index (χ0) is 28.7. The van der Waals surface area contributed by atoms with Crippen LogP contribution in [0.5, 0.6) is 0 Å². The molecule has 0 heterocycles. The molecule has 0 spiro atoms. The molecule has 0 atom stereocenters. The fourth-order valence-electron chi connectivity index (χ4n) is 3.58. The van der Waals surface area contributed by atoms with Gasteiger partial charge in [0.1, 0.15) is 0 Å². The number of hydrogen-bond acceptors (Lipinski definition) is 6. The average Bonchev–Trinajstić information content (AvgIpc) is 2.95. The van der Waals surface area contributed by atoms with E-state index in [4.69, 9.17) is 14.2 Å². The molecule has 3 aromatic rings. The van der Waals surface area contributed by atoms with Gasteiger partial charge in [0.15, 0.2) is 13.2 Å². The molecule has 8 nitrogen and oxygen atoms in total. The minimum absolute atomic E-state index is 0.144. The fourth-order valence-corrected chi connectivity index (χ4v) is 3.58.